The average Bonchev–Trinajstić information content (AvgIpc) is 2.73. The first-order valence-corrected chi connectivity index (χ1v) is 11.1. The first-order chi connectivity index (χ1) is 14.9. The zero-order valence-electron chi connectivity index (χ0n) is 17.6. The van der Waals surface area contributed by atoms with Crippen LogP contribution in [0.1, 0.15) is 39.5 Å². The van der Waals surface area contributed by atoms with E-state index in [1.165, 1.54) is 0 Å². The molecule has 1 aliphatic rings. The molecular weight excluding hydrogens is 439 g/mol. The van der Waals surface area contributed by atoms with Gasteiger partial charge in [0.05, 0.1) is 17.3 Å². The molecule has 0 spiro atoms. The number of hydrogen-bond acceptors (Lipinski definition) is 4. The molecule has 1 N–H and O–H groups in total. The molecule has 0 aliphatic carbocycles. The summed E-state index contributed by atoms with van der Waals surface area (Å²) < 4.78 is 11.3. The van der Waals surface area contributed by atoms with Crippen LogP contribution in [0.25, 0.3) is 0 Å². The molecule has 1 unspecified atom stereocenters. The molecule has 2 aromatic carbocycles. The predicted octanol–water partition coefficient (Wildman–Crippen LogP) is 5.71. The molecular formula is C23H26Cl2N2O4. The maximum absolute atomic E-state index is 12.5. The Labute approximate surface area is 192 Å². The Morgan fingerprint density at radius 1 is 1.19 bits per heavy atom. The number of anilines is 2. The van der Waals surface area contributed by atoms with Crippen molar-refractivity contribution in [2.45, 2.75) is 45.6 Å². The van der Waals surface area contributed by atoms with Crippen LogP contribution in [0.5, 0.6) is 11.5 Å². The number of ether oxygens (including phenoxy) is 2. The number of carbonyl (C=O) groups excluding carboxylic acids is 2. The first kappa shape index (κ1) is 23.2. The summed E-state index contributed by atoms with van der Waals surface area (Å²) in [5, 5.41) is 3.85. The molecule has 0 radical (unpaired) electrons. The van der Waals surface area contributed by atoms with Gasteiger partial charge in [-0.15, -0.1) is 0 Å². The van der Waals surface area contributed by atoms with Crippen LogP contribution in [0.2, 0.25) is 10.0 Å². The summed E-state index contributed by atoms with van der Waals surface area (Å²) in [5.74, 6) is 0.978. The van der Waals surface area contributed by atoms with Crippen molar-refractivity contribution in [1.82, 2.24) is 0 Å². The van der Waals surface area contributed by atoms with Gasteiger partial charge < -0.3 is 19.7 Å². The van der Waals surface area contributed by atoms with E-state index in [1.54, 1.807) is 48.2 Å². The highest BCUT2D eigenvalue weighted by Crippen LogP contribution is 2.36. The number of fused-ring (bicyclic) bond motifs is 1. The second kappa shape index (κ2) is 10.7. The van der Waals surface area contributed by atoms with Crippen LogP contribution in [-0.2, 0) is 9.59 Å². The van der Waals surface area contributed by atoms with E-state index < -0.39 is 6.10 Å². The van der Waals surface area contributed by atoms with Gasteiger partial charge in [0.15, 0.2) is 6.10 Å². The number of amides is 2. The Bertz CT molecular complexity index is 951. The van der Waals surface area contributed by atoms with Crippen LogP contribution in [0, 0.1) is 0 Å². The summed E-state index contributed by atoms with van der Waals surface area (Å²) in [6.07, 6.45) is 2.17. The SMILES string of the molecule is CCCCN1C(=O)C(C)Oc2ccc(NC(=O)CCCOc3ccc(Cl)cc3Cl)cc21. The number of rotatable bonds is 9. The van der Waals surface area contributed by atoms with Crippen LogP contribution < -0.4 is 19.7 Å². The molecule has 0 fully saturated rings. The number of nitrogens with one attached hydrogen (secondary N) is 1. The van der Waals surface area contributed by atoms with Gasteiger partial charge >= 0.3 is 0 Å². The van der Waals surface area contributed by atoms with Gasteiger partial charge in [-0.2, -0.15) is 0 Å². The lowest BCUT2D eigenvalue weighted by atomic mass is 10.1. The molecule has 2 amide bonds. The maximum Gasteiger partial charge on any atom is 0.267 e. The van der Waals surface area contributed by atoms with Gasteiger partial charge in [0.1, 0.15) is 11.5 Å². The topological polar surface area (TPSA) is 67.9 Å². The van der Waals surface area contributed by atoms with Crippen LogP contribution in [0.15, 0.2) is 36.4 Å². The van der Waals surface area contributed by atoms with E-state index in [0.29, 0.717) is 52.5 Å². The lowest BCUT2D eigenvalue weighted by Gasteiger charge is -2.33. The van der Waals surface area contributed by atoms with Gasteiger partial charge in [0, 0.05) is 23.7 Å². The van der Waals surface area contributed by atoms with E-state index in [4.69, 9.17) is 32.7 Å². The highest BCUT2D eigenvalue weighted by molar-refractivity contribution is 6.35. The van der Waals surface area contributed by atoms with E-state index in [2.05, 4.69) is 12.2 Å². The average molecular weight is 465 g/mol. The summed E-state index contributed by atoms with van der Waals surface area (Å²) in [4.78, 5) is 26.6. The Balaban J connectivity index is 1.55. The van der Waals surface area contributed by atoms with E-state index in [1.807, 2.05) is 0 Å². The molecule has 1 aliphatic heterocycles. The number of hydrogen-bond donors (Lipinski definition) is 1. The Morgan fingerprint density at radius 3 is 2.74 bits per heavy atom. The fourth-order valence-corrected chi connectivity index (χ4v) is 3.73. The summed E-state index contributed by atoms with van der Waals surface area (Å²) in [7, 11) is 0. The molecule has 0 saturated carbocycles. The maximum atomic E-state index is 12.5. The first-order valence-electron chi connectivity index (χ1n) is 10.4. The molecule has 0 bridgehead atoms. The smallest absolute Gasteiger partial charge is 0.267 e. The highest BCUT2D eigenvalue weighted by Gasteiger charge is 2.31. The minimum absolute atomic E-state index is 0.0672. The number of benzene rings is 2. The molecule has 1 atom stereocenters. The molecule has 2 aromatic rings. The molecule has 0 aromatic heterocycles. The molecule has 0 saturated heterocycles. The van der Waals surface area contributed by atoms with E-state index >= 15 is 0 Å². The quantitative estimate of drug-likeness (QED) is 0.482. The second-order valence-electron chi connectivity index (χ2n) is 7.36. The van der Waals surface area contributed by atoms with Gasteiger partial charge in [-0.05, 0) is 56.2 Å². The predicted molar refractivity (Wildman–Crippen MR) is 124 cm³/mol. The van der Waals surface area contributed by atoms with Crippen molar-refractivity contribution in [1.29, 1.82) is 0 Å². The third-order valence-electron chi connectivity index (χ3n) is 4.89. The van der Waals surface area contributed by atoms with Crippen molar-refractivity contribution < 1.29 is 19.1 Å². The third kappa shape index (κ3) is 6.05. The fourth-order valence-electron chi connectivity index (χ4n) is 3.26. The summed E-state index contributed by atoms with van der Waals surface area (Å²) in [6, 6.07) is 10.4. The molecule has 166 valence electrons. The zero-order chi connectivity index (χ0) is 22.4. The molecule has 8 heteroatoms. The second-order valence-corrected chi connectivity index (χ2v) is 8.20. The fraction of sp³-hybridized carbons (Fsp3) is 0.391. The molecule has 1 heterocycles. The zero-order valence-corrected chi connectivity index (χ0v) is 19.1. The number of nitrogens with zero attached hydrogens (tertiary/aromatic N) is 1. The van der Waals surface area contributed by atoms with Crippen molar-refractivity contribution >= 4 is 46.4 Å². The highest BCUT2D eigenvalue weighted by atomic mass is 35.5. The van der Waals surface area contributed by atoms with Crippen LogP contribution in [0.3, 0.4) is 0 Å². The van der Waals surface area contributed by atoms with Crippen molar-refractivity contribution in [3.63, 3.8) is 0 Å². The normalized spacial score (nSPS) is 15.3. The van der Waals surface area contributed by atoms with Crippen LogP contribution in [0.4, 0.5) is 11.4 Å². The largest absolute Gasteiger partial charge is 0.492 e. The summed E-state index contributed by atoms with van der Waals surface area (Å²) in [5.41, 5.74) is 1.31. The van der Waals surface area contributed by atoms with Crippen LogP contribution in [-0.4, -0.2) is 31.1 Å². The van der Waals surface area contributed by atoms with Gasteiger partial charge in [-0.3, -0.25) is 9.59 Å². The van der Waals surface area contributed by atoms with Gasteiger partial charge in [0.25, 0.3) is 5.91 Å². The minimum atomic E-state index is -0.515. The summed E-state index contributed by atoms with van der Waals surface area (Å²) in [6.45, 7) is 4.80. The van der Waals surface area contributed by atoms with Crippen molar-refractivity contribution in [3.8, 4) is 11.5 Å². The molecule has 3 rings (SSSR count). The van der Waals surface area contributed by atoms with Gasteiger partial charge in [-0.1, -0.05) is 36.5 Å². The Hall–Kier alpha value is -2.44. The lowest BCUT2D eigenvalue weighted by Crippen LogP contribution is -2.44. The van der Waals surface area contributed by atoms with Gasteiger partial charge in [0.2, 0.25) is 5.91 Å². The van der Waals surface area contributed by atoms with Crippen molar-refractivity contribution in [3.05, 3.63) is 46.4 Å². The van der Waals surface area contributed by atoms with Crippen molar-refractivity contribution in [2.75, 3.05) is 23.4 Å². The standard InChI is InChI=1S/C23H26Cl2N2O4/c1-3-4-11-27-19-14-17(8-10-21(19)31-15(2)23(27)29)26-22(28)6-5-12-30-20-9-7-16(24)13-18(20)25/h7-10,13-15H,3-6,11-12H2,1-2H3,(H,26,28). The number of unbranched alkanes of at least 4 members (excludes halogenated alkanes) is 1. The van der Waals surface area contributed by atoms with Gasteiger partial charge in [-0.25, -0.2) is 0 Å². The number of halogens is 2. The van der Waals surface area contributed by atoms with E-state index in [-0.39, 0.29) is 18.2 Å². The number of carbonyl (C=O) groups is 2. The van der Waals surface area contributed by atoms with Crippen molar-refractivity contribution in [2.24, 2.45) is 0 Å². The van der Waals surface area contributed by atoms with Crippen LogP contribution >= 0.6 is 23.2 Å². The monoisotopic (exact) mass is 464 g/mol. The lowest BCUT2D eigenvalue weighted by molar-refractivity contribution is -0.125. The van der Waals surface area contributed by atoms with E-state index in [0.717, 1.165) is 12.8 Å². The minimum Gasteiger partial charge on any atom is -0.492 e. The molecule has 31 heavy (non-hydrogen) atoms. The Morgan fingerprint density at radius 2 is 2.00 bits per heavy atom. The summed E-state index contributed by atoms with van der Waals surface area (Å²) >= 11 is 11.9. The van der Waals surface area contributed by atoms with E-state index in [9.17, 15) is 9.59 Å². The Kier molecular flexibility index (Phi) is 8.04. The molecule has 6 nitrogen and oxygen atoms in total. The third-order valence-corrected chi connectivity index (χ3v) is 5.42.